The first kappa shape index (κ1) is 17.4. The molecule has 1 unspecified atom stereocenters. The Hall–Kier alpha value is -0.630. The lowest BCUT2D eigenvalue weighted by Crippen LogP contribution is -2.61. The number of hydrogen-bond acceptors (Lipinski definition) is 5. The van der Waals surface area contributed by atoms with Crippen LogP contribution in [0.3, 0.4) is 0 Å². The summed E-state index contributed by atoms with van der Waals surface area (Å²) in [5, 5.41) is 0. The molecule has 0 saturated heterocycles. The Kier molecular flexibility index (Phi) is 6.44. The summed E-state index contributed by atoms with van der Waals surface area (Å²) in [6.45, 7) is 1.95. The highest BCUT2D eigenvalue weighted by molar-refractivity contribution is 8.29. The van der Waals surface area contributed by atoms with Crippen molar-refractivity contribution in [1.29, 1.82) is 0 Å². The standard InChI is InChI=1S/C13H19ClO5S/c1-3-4-10-20(2,19-14(16,17)18)11-13(15)12-8-6-5-7-9-12/h5-9H,3-4,10-11H2,1-2H3. The van der Waals surface area contributed by atoms with Gasteiger partial charge in [0.2, 0.25) is 0 Å². The summed E-state index contributed by atoms with van der Waals surface area (Å²) in [5.41, 5.74) is 0.492. The van der Waals surface area contributed by atoms with Crippen LogP contribution >= 0.6 is 10.3 Å². The van der Waals surface area contributed by atoms with Crippen LogP contribution in [0.15, 0.2) is 30.3 Å². The molecule has 0 aliphatic heterocycles. The van der Waals surface area contributed by atoms with E-state index in [1.54, 1.807) is 36.6 Å². The molecule has 0 bridgehead atoms. The average Bonchev–Trinajstić information content (AvgIpc) is 2.35. The third kappa shape index (κ3) is 6.21. The molecule has 0 N–H and O–H groups in total. The minimum absolute atomic E-state index is 0.0640. The summed E-state index contributed by atoms with van der Waals surface area (Å²) in [6.07, 6.45) is 3.10. The van der Waals surface area contributed by atoms with Crippen LogP contribution in [-0.4, -0.2) is 23.5 Å². The average molecular weight is 323 g/mol. The third-order valence-corrected chi connectivity index (χ3v) is 6.55. The lowest BCUT2D eigenvalue weighted by Gasteiger charge is -2.29. The quantitative estimate of drug-likeness (QED) is 0.624. The van der Waals surface area contributed by atoms with Crippen LogP contribution in [0.5, 0.6) is 0 Å². The largest absolute Gasteiger partial charge is 0.293 e. The van der Waals surface area contributed by atoms with Crippen LogP contribution < -0.4 is 14.0 Å². The third-order valence-electron chi connectivity index (χ3n) is 2.69. The second kappa shape index (κ2) is 7.40. The van der Waals surface area contributed by atoms with E-state index in [-0.39, 0.29) is 11.5 Å². The van der Waals surface area contributed by atoms with Crippen molar-refractivity contribution in [2.24, 2.45) is 0 Å². The maximum atomic E-state index is 12.2. The van der Waals surface area contributed by atoms with Crippen molar-refractivity contribution >= 4 is 16.1 Å². The summed E-state index contributed by atoms with van der Waals surface area (Å²) in [7, 11) is -6.79. The van der Waals surface area contributed by atoms with Crippen LogP contribution in [0.2, 0.25) is 0 Å². The fourth-order valence-corrected chi connectivity index (χ4v) is 5.43. The van der Waals surface area contributed by atoms with Gasteiger partial charge in [-0.25, -0.2) is 0 Å². The first-order chi connectivity index (χ1) is 9.26. The highest BCUT2D eigenvalue weighted by Crippen LogP contribution is 2.48. The number of halogens is 1. The van der Waals surface area contributed by atoms with Gasteiger partial charge in [-0.2, -0.15) is 14.0 Å². The molecule has 5 nitrogen and oxygen atoms in total. The predicted octanol–water partition coefficient (Wildman–Crippen LogP) is -0.0673. The van der Waals surface area contributed by atoms with E-state index in [0.717, 1.165) is 6.42 Å². The molecule has 0 saturated carbocycles. The van der Waals surface area contributed by atoms with Gasteiger partial charge in [0.1, 0.15) is 3.74 Å². The fourth-order valence-electron chi connectivity index (χ4n) is 1.75. The Morgan fingerprint density at radius 1 is 1.25 bits per heavy atom. The molecular formula is C13H19ClO5S. The maximum Gasteiger partial charge on any atom is 0.173 e. The number of rotatable bonds is 8. The summed E-state index contributed by atoms with van der Waals surface area (Å²) in [4.78, 5) is 12.2. The molecule has 1 atom stereocenters. The zero-order valence-electron chi connectivity index (χ0n) is 11.5. The Balaban J connectivity index is 2.81. The van der Waals surface area contributed by atoms with Gasteiger partial charge in [0, 0.05) is 27.9 Å². The van der Waals surface area contributed by atoms with E-state index in [4.69, 9.17) is 0 Å². The molecule has 1 aromatic rings. The topological polar surface area (TPSA) is 95.5 Å². The molecule has 0 spiro atoms. The molecular weight excluding hydrogens is 304 g/mol. The molecule has 0 fully saturated rings. The lowest BCUT2D eigenvalue weighted by molar-refractivity contribution is -1.91. The number of Topliss-reactive ketones (excluding diaryl/α,β-unsaturated/α-hetero) is 1. The summed E-state index contributed by atoms with van der Waals surface area (Å²) in [5.74, 6) is 0.139. The molecule has 0 aliphatic rings. The smallest absolute Gasteiger partial charge is 0.173 e. The van der Waals surface area contributed by atoms with Crippen molar-refractivity contribution in [3.05, 3.63) is 35.9 Å². The molecule has 0 aliphatic carbocycles. The van der Waals surface area contributed by atoms with E-state index in [9.17, 15) is 18.8 Å². The minimum atomic E-state index is -4.52. The van der Waals surface area contributed by atoms with Crippen LogP contribution in [0.25, 0.3) is 0 Å². The molecule has 20 heavy (non-hydrogen) atoms. The van der Waals surface area contributed by atoms with E-state index in [1.807, 2.05) is 6.92 Å². The zero-order chi connectivity index (χ0) is 15.2. The molecule has 0 aromatic heterocycles. The molecule has 7 heteroatoms. The number of carbonyl (C=O) groups excluding carboxylic acids is 1. The van der Waals surface area contributed by atoms with Crippen LogP contribution in [-0.2, 0) is 3.74 Å². The van der Waals surface area contributed by atoms with Crippen molar-refractivity contribution in [3.8, 4) is 0 Å². The first-order valence-corrected chi connectivity index (χ1v) is 9.73. The van der Waals surface area contributed by atoms with E-state index < -0.39 is 20.6 Å². The molecule has 0 heterocycles. The van der Waals surface area contributed by atoms with E-state index in [1.165, 1.54) is 0 Å². The first-order valence-electron chi connectivity index (χ1n) is 6.19. The number of hydrogen-bond donors (Lipinski definition) is 0. The number of unbranched alkanes of at least 4 members (excludes halogenated alkanes) is 1. The Morgan fingerprint density at radius 3 is 2.35 bits per heavy atom. The Bertz CT molecular complexity index is 434. The molecule has 114 valence electrons. The van der Waals surface area contributed by atoms with Gasteiger partial charge in [0.25, 0.3) is 0 Å². The number of ketones is 1. The summed E-state index contributed by atoms with van der Waals surface area (Å²) >= 11 is 0. The minimum Gasteiger partial charge on any atom is -0.293 e. The van der Waals surface area contributed by atoms with Crippen molar-refractivity contribution in [2.75, 3.05) is 17.8 Å². The van der Waals surface area contributed by atoms with Gasteiger partial charge < -0.3 is 0 Å². The second-order valence-corrected chi connectivity index (χ2v) is 8.94. The highest BCUT2D eigenvalue weighted by atomic mass is 35.7. The summed E-state index contributed by atoms with van der Waals surface area (Å²) in [6, 6.07) is 8.57. The van der Waals surface area contributed by atoms with Crippen molar-refractivity contribution in [2.45, 2.75) is 19.8 Å². The van der Waals surface area contributed by atoms with Crippen LogP contribution in [0.1, 0.15) is 30.1 Å². The lowest BCUT2D eigenvalue weighted by atomic mass is 10.2. The van der Waals surface area contributed by atoms with Gasteiger partial charge in [-0.3, -0.25) is 4.79 Å². The SMILES string of the molecule is CCCCS(C)(CC(=O)c1ccccc1)O[Cl+3]([O-])([O-])[O-]. The fraction of sp³-hybridized carbons (Fsp3) is 0.462. The zero-order valence-corrected chi connectivity index (χ0v) is 13.1. The van der Waals surface area contributed by atoms with Gasteiger partial charge in [0.05, 0.1) is 16.0 Å². The van der Waals surface area contributed by atoms with Crippen molar-refractivity contribution in [1.82, 2.24) is 0 Å². The van der Waals surface area contributed by atoms with Gasteiger partial charge in [-0.05, 0) is 6.42 Å². The predicted molar refractivity (Wildman–Crippen MR) is 70.0 cm³/mol. The molecule has 0 radical (unpaired) electrons. The van der Waals surface area contributed by atoms with Gasteiger partial charge in [0.15, 0.2) is 5.78 Å². The highest BCUT2D eigenvalue weighted by Gasteiger charge is 2.38. The van der Waals surface area contributed by atoms with E-state index in [2.05, 4.69) is 3.74 Å². The Labute approximate surface area is 122 Å². The van der Waals surface area contributed by atoms with Crippen molar-refractivity contribution in [3.63, 3.8) is 0 Å². The molecule has 1 aromatic carbocycles. The van der Waals surface area contributed by atoms with E-state index >= 15 is 0 Å². The van der Waals surface area contributed by atoms with Gasteiger partial charge in [-0.1, -0.05) is 43.7 Å². The Morgan fingerprint density at radius 2 is 1.85 bits per heavy atom. The summed E-state index contributed by atoms with van der Waals surface area (Å²) < 4.78 is 37.2. The van der Waals surface area contributed by atoms with E-state index in [0.29, 0.717) is 17.7 Å². The molecule has 0 amide bonds. The number of benzene rings is 1. The molecule has 1 rings (SSSR count). The van der Waals surface area contributed by atoms with Gasteiger partial charge in [-0.15, -0.1) is 0 Å². The van der Waals surface area contributed by atoms with Crippen molar-refractivity contribution < 1.29 is 32.8 Å². The number of carbonyl (C=O) groups is 1. The monoisotopic (exact) mass is 322 g/mol. The van der Waals surface area contributed by atoms with Crippen LogP contribution in [0, 0.1) is 10.2 Å². The van der Waals surface area contributed by atoms with Gasteiger partial charge >= 0.3 is 0 Å². The second-order valence-electron chi connectivity index (χ2n) is 4.62. The normalized spacial score (nSPS) is 16.4. The van der Waals surface area contributed by atoms with Crippen LogP contribution in [0.4, 0.5) is 0 Å². The maximum absolute atomic E-state index is 12.2.